The molecule has 0 atom stereocenters. The predicted octanol–water partition coefficient (Wildman–Crippen LogP) is 0.0410. The van der Waals surface area contributed by atoms with E-state index in [0.29, 0.717) is 0 Å². The van der Waals surface area contributed by atoms with E-state index in [1.54, 1.807) is 6.07 Å². The van der Waals surface area contributed by atoms with E-state index in [1.165, 1.54) is 12.5 Å². The second-order valence-corrected chi connectivity index (χ2v) is 4.94. The third-order valence-corrected chi connectivity index (χ3v) is 3.69. The molecule has 0 amide bonds. The van der Waals surface area contributed by atoms with Gasteiger partial charge in [-0.25, -0.2) is 0 Å². The van der Waals surface area contributed by atoms with Crippen LogP contribution in [0, 0.1) is 0 Å². The number of carbonyl (C=O) groups excluding carboxylic acids is 2. The first kappa shape index (κ1) is 16.5. The van der Waals surface area contributed by atoms with Crippen molar-refractivity contribution in [2.24, 2.45) is 0 Å². The van der Waals surface area contributed by atoms with Crippen LogP contribution in [-0.4, -0.2) is 11.9 Å². The van der Waals surface area contributed by atoms with Gasteiger partial charge in [0.2, 0.25) is 0 Å². The number of carbonyl (C=O) groups is 2. The summed E-state index contributed by atoms with van der Waals surface area (Å²) < 4.78 is 0. The Morgan fingerprint density at radius 1 is 1.05 bits per heavy atom. The average Bonchev–Trinajstić information content (AvgIpc) is 2.38. The molecule has 2 N–H and O–H groups in total. The maximum Gasteiger partial charge on any atom is 2.00 e. The van der Waals surface area contributed by atoms with Gasteiger partial charge in [-0.3, -0.25) is 0 Å². The monoisotopic (exact) mass is 324 g/mol. The Labute approximate surface area is 127 Å². The van der Waals surface area contributed by atoms with Crippen LogP contribution >= 0.6 is 0 Å². The van der Waals surface area contributed by atoms with Gasteiger partial charge in [0.05, 0.1) is 11.9 Å². The van der Waals surface area contributed by atoms with Gasteiger partial charge in [0, 0.05) is 16.8 Å². The third-order valence-electron chi connectivity index (χ3n) is 3.69. The fraction of sp³-hybridized carbons (Fsp3) is 0.429. The van der Waals surface area contributed by atoms with E-state index in [1.807, 2.05) is 0 Å². The SMILES string of the molecule is Nc1cc(C2CCCCC2)cc(C(=O)[O-])c1C(=O)[O-].[Cu+2]. The van der Waals surface area contributed by atoms with Crippen LogP contribution in [0.15, 0.2) is 12.1 Å². The normalized spacial score (nSPS) is 15.4. The molecule has 1 radical (unpaired) electrons. The van der Waals surface area contributed by atoms with Crippen molar-refractivity contribution in [1.29, 1.82) is 0 Å². The van der Waals surface area contributed by atoms with Gasteiger partial charge in [-0.1, -0.05) is 19.3 Å². The first-order valence-corrected chi connectivity index (χ1v) is 6.37. The number of nitrogen functional groups attached to an aromatic ring is 1. The van der Waals surface area contributed by atoms with Crippen molar-refractivity contribution < 1.29 is 36.9 Å². The maximum absolute atomic E-state index is 11.1. The summed E-state index contributed by atoms with van der Waals surface area (Å²) >= 11 is 0. The quantitative estimate of drug-likeness (QED) is 0.624. The van der Waals surface area contributed by atoms with Gasteiger partial charge in [0.1, 0.15) is 0 Å². The van der Waals surface area contributed by atoms with Crippen LogP contribution in [0.2, 0.25) is 0 Å². The van der Waals surface area contributed by atoms with Crippen molar-refractivity contribution in [3.63, 3.8) is 0 Å². The molecule has 1 aliphatic rings. The molecule has 0 spiro atoms. The van der Waals surface area contributed by atoms with Crippen molar-refractivity contribution in [3.8, 4) is 0 Å². The number of carboxylic acids is 2. The fourth-order valence-corrected chi connectivity index (χ4v) is 2.75. The number of anilines is 1. The van der Waals surface area contributed by atoms with E-state index in [0.717, 1.165) is 31.2 Å². The Bertz CT molecular complexity index is 524. The maximum atomic E-state index is 11.1. The molecular weight excluding hydrogens is 310 g/mol. The van der Waals surface area contributed by atoms with E-state index in [2.05, 4.69) is 0 Å². The molecule has 0 bridgehead atoms. The fourth-order valence-electron chi connectivity index (χ4n) is 2.75. The summed E-state index contributed by atoms with van der Waals surface area (Å²) in [6.45, 7) is 0. The molecule has 1 fully saturated rings. The minimum Gasteiger partial charge on any atom is -0.545 e. The molecule has 2 rings (SSSR count). The molecule has 0 aromatic heterocycles. The third kappa shape index (κ3) is 3.32. The Hall–Kier alpha value is -1.52. The molecule has 5 nitrogen and oxygen atoms in total. The summed E-state index contributed by atoms with van der Waals surface area (Å²) in [5.74, 6) is -2.89. The average molecular weight is 325 g/mol. The van der Waals surface area contributed by atoms with Crippen LogP contribution in [0.5, 0.6) is 0 Å². The molecule has 1 aliphatic carbocycles. The topological polar surface area (TPSA) is 106 Å². The van der Waals surface area contributed by atoms with E-state index >= 15 is 0 Å². The molecule has 0 aliphatic heterocycles. The summed E-state index contributed by atoms with van der Waals surface area (Å²) in [6, 6.07) is 2.92. The summed E-state index contributed by atoms with van der Waals surface area (Å²) in [4.78, 5) is 22.0. The molecule has 0 saturated heterocycles. The Morgan fingerprint density at radius 3 is 2.15 bits per heavy atom. The molecule has 0 heterocycles. The predicted molar refractivity (Wildman–Crippen MR) is 65.3 cm³/mol. The van der Waals surface area contributed by atoms with Crippen molar-refractivity contribution in [2.45, 2.75) is 38.0 Å². The minimum atomic E-state index is -1.59. The van der Waals surface area contributed by atoms with Gasteiger partial charge < -0.3 is 25.5 Å². The molecule has 6 heteroatoms. The molecule has 0 unspecified atom stereocenters. The molecule has 20 heavy (non-hydrogen) atoms. The largest absolute Gasteiger partial charge is 2.00 e. The van der Waals surface area contributed by atoms with Crippen LogP contribution in [0.25, 0.3) is 0 Å². The smallest absolute Gasteiger partial charge is 0.545 e. The summed E-state index contributed by atoms with van der Waals surface area (Å²) in [5.41, 5.74) is 5.49. The van der Waals surface area contributed by atoms with Crippen LogP contribution in [-0.2, 0) is 17.1 Å². The second kappa shape index (κ2) is 6.77. The molecular formula is C14H15CuNO4. The van der Waals surface area contributed by atoms with E-state index in [4.69, 9.17) is 5.73 Å². The number of aromatic carboxylic acids is 2. The van der Waals surface area contributed by atoms with Gasteiger partial charge >= 0.3 is 17.1 Å². The van der Waals surface area contributed by atoms with Gasteiger partial charge in [-0.05, 0) is 36.5 Å². The van der Waals surface area contributed by atoms with Gasteiger partial charge in [-0.2, -0.15) is 0 Å². The first-order valence-electron chi connectivity index (χ1n) is 6.37. The van der Waals surface area contributed by atoms with E-state index < -0.39 is 17.5 Å². The zero-order valence-electron chi connectivity index (χ0n) is 10.8. The van der Waals surface area contributed by atoms with E-state index in [-0.39, 0.29) is 34.2 Å². The van der Waals surface area contributed by atoms with Gasteiger partial charge in [-0.15, -0.1) is 0 Å². The summed E-state index contributed by atoms with van der Waals surface area (Å²) in [5, 5.41) is 22.0. The van der Waals surface area contributed by atoms with Crippen molar-refractivity contribution in [2.75, 3.05) is 5.73 Å². The Morgan fingerprint density at radius 2 is 1.65 bits per heavy atom. The van der Waals surface area contributed by atoms with Crippen LogP contribution in [0.1, 0.15) is 64.3 Å². The van der Waals surface area contributed by atoms with Crippen molar-refractivity contribution in [1.82, 2.24) is 0 Å². The zero-order valence-corrected chi connectivity index (χ0v) is 11.7. The summed E-state index contributed by atoms with van der Waals surface area (Å²) in [7, 11) is 0. The minimum absolute atomic E-state index is 0. The Balaban J connectivity index is 0.00000200. The second-order valence-electron chi connectivity index (χ2n) is 4.94. The van der Waals surface area contributed by atoms with E-state index in [9.17, 15) is 19.8 Å². The molecule has 1 saturated carbocycles. The van der Waals surface area contributed by atoms with Gasteiger partial charge in [0.15, 0.2) is 0 Å². The number of nitrogens with two attached hydrogens (primary N) is 1. The first-order chi connectivity index (χ1) is 9.00. The Kier molecular flexibility index (Phi) is 5.60. The van der Waals surface area contributed by atoms with Crippen molar-refractivity contribution >= 4 is 17.6 Å². The standard InChI is InChI=1S/C14H17NO4.Cu/c15-11-7-9(8-4-2-1-3-5-8)6-10(13(16)17)12(11)14(18)19;/h6-8H,1-5,15H2,(H,16,17)(H,18,19);/q;+2/p-2. The summed E-state index contributed by atoms with van der Waals surface area (Å²) in [6.07, 6.45) is 5.30. The zero-order chi connectivity index (χ0) is 14.0. The number of hydrogen-bond acceptors (Lipinski definition) is 5. The van der Waals surface area contributed by atoms with Gasteiger partial charge in [0.25, 0.3) is 0 Å². The van der Waals surface area contributed by atoms with Crippen molar-refractivity contribution in [3.05, 3.63) is 28.8 Å². The van der Waals surface area contributed by atoms with Crippen LogP contribution in [0.4, 0.5) is 5.69 Å². The molecule has 1 aromatic rings. The number of benzene rings is 1. The number of carboxylic acid groups (broad SMARTS) is 2. The number of rotatable bonds is 3. The molecule has 1 aromatic carbocycles. The molecule has 111 valence electrons. The van der Waals surface area contributed by atoms with Crippen LogP contribution < -0.4 is 15.9 Å². The number of hydrogen-bond donors (Lipinski definition) is 1. The van der Waals surface area contributed by atoms with Crippen LogP contribution in [0.3, 0.4) is 0 Å².